The van der Waals surface area contributed by atoms with Gasteiger partial charge in [-0.05, 0) is 44.4 Å². The zero-order valence-electron chi connectivity index (χ0n) is 17.6. The van der Waals surface area contributed by atoms with Gasteiger partial charge in [-0.1, -0.05) is 0 Å². The summed E-state index contributed by atoms with van der Waals surface area (Å²) in [6, 6.07) is 0.594. The van der Waals surface area contributed by atoms with E-state index in [1.54, 1.807) is 24.8 Å². The van der Waals surface area contributed by atoms with Gasteiger partial charge in [-0.15, -0.1) is 0 Å². The predicted octanol–water partition coefficient (Wildman–Crippen LogP) is 1.16. The number of nitrogens with one attached hydrogen (secondary N) is 5. The molecule has 4 heterocycles. The molecular weight excluding hydrogens is 408 g/mol. The van der Waals surface area contributed by atoms with Crippen LogP contribution in [0.1, 0.15) is 46.0 Å². The third-order valence-electron chi connectivity index (χ3n) is 5.74. The summed E-state index contributed by atoms with van der Waals surface area (Å²) in [5.74, 6) is -0.736. The molecule has 10 nitrogen and oxygen atoms in total. The highest BCUT2D eigenvalue weighted by Gasteiger charge is 2.31. The number of aromatic amines is 2. The van der Waals surface area contributed by atoms with Crippen LogP contribution in [0.2, 0.25) is 0 Å². The van der Waals surface area contributed by atoms with Crippen LogP contribution in [-0.4, -0.2) is 51.2 Å². The quantitative estimate of drug-likeness (QED) is 0.398. The summed E-state index contributed by atoms with van der Waals surface area (Å²) in [4.78, 5) is 40.4. The molecule has 5 N–H and O–H groups in total. The summed E-state index contributed by atoms with van der Waals surface area (Å²) in [6.07, 6.45) is 13.0. The molecule has 1 atom stereocenters. The third kappa shape index (κ3) is 3.92. The number of hydrazone groups is 1. The minimum absolute atomic E-state index is 0.183. The van der Waals surface area contributed by atoms with E-state index in [1.165, 1.54) is 19.1 Å². The van der Waals surface area contributed by atoms with E-state index in [1.807, 2.05) is 13.0 Å². The Bertz CT molecular complexity index is 1160. The second-order valence-corrected chi connectivity index (χ2v) is 8.03. The number of amides is 1. The van der Waals surface area contributed by atoms with Crippen molar-refractivity contribution in [3.8, 4) is 0 Å². The van der Waals surface area contributed by atoms with Gasteiger partial charge in [0.1, 0.15) is 5.92 Å². The number of rotatable bonds is 8. The Labute approximate surface area is 184 Å². The van der Waals surface area contributed by atoms with Crippen molar-refractivity contribution in [3.05, 3.63) is 58.8 Å². The Morgan fingerprint density at radius 3 is 2.94 bits per heavy atom. The molecule has 0 bridgehead atoms. The van der Waals surface area contributed by atoms with Crippen molar-refractivity contribution < 1.29 is 9.59 Å². The van der Waals surface area contributed by atoms with Gasteiger partial charge in [-0.3, -0.25) is 14.6 Å². The number of carbonyl (C=O) groups is 2. The van der Waals surface area contributed by atoms with Crippen molar-refractivity contribution in [1.82, 2.24) is 31.0 Å². The van der Waals surface area contributed by atoms with Crippen LogP contribution < -0.4 is 16.1 Å². The van der Waals surface area contributed by atoms with Crippen LogP contribution in [0, 0.1) is 12.8 Å². The fourth-order valence-corrected chi connectivity index (χ4v) is 3.97. The fourth-order valence-electron chi connectivity index (χ4n) is 3.97. The summed E-state index contributed by atoms with van der Waals surface area (Å²) in [5.41, 5.74) is 6.69. The van der Waals surface area contributed by atoms with Crippen molar-refractivity contribution in [1.29, 1.82) is 0 Å². The van der Waals surface area contributed by atoms with Crippen molar-refractivity contribution in [3.63, 3.8) is 0 Å². The number of hydrogen-bond donors (Lipinski definition) is 5. The lowest BCUT2D eigenvalue weighted by molar-refractivity contribution is -0.120. The monoisotopic (exact) mass is 432 g/mol. The van der Waals surface area contributed by atoms with E-state index >= 15 is 0 Å². The van der Waals surface area contributed by atoms with E-state index in [0.717, 1.165) is 24.2 Å². The number of aliphatic imine (C=N–C) groups is 1. The largest absolute Gasteiger partial charge is 0.359 e. The van der Waals surface area contributed by atoms with Crippen LogP contribution in [0.3, 0.4) is 0 Å². The number of nitrogens with zero attached hydrogens (tertiary/aromatic N) is 3. The second kappa shape index (κ2) is 8.39. The van der Waals surface area contributed by atoms with E-state index in [2.05, 4.69) is 41.1 Å². The molecule has 10 heteroatoms. The highest BCUT2D eigenvalue weighted by molar-refractivity contribution is 6.25. The number of hydrogen-bond acceptors (Lipinski definition) is 7. The topological polar surface area (TPSA) is 139 Å². The van der Waals surface area contributed by atoms with Gasteiger partial charge in [-0.2, -0.15) is 5.10 Å². The summed E-state index contributed by atoms with van der Waals surface area (Å²) in [5, 5.41) is 10.5. The smallest absolute Gasteiger partial charge is 0.254 e. The van der Waals surface area contributed by atoms with Crippen molar-refractivity contribution in [2.75, 3.05) is 6.54 Å². The molecule has 1 aliphatic carbocycles. The van der Waals surface area contributed by atoms with Crippen molar-refractivity contribution in [2.45, 2.75) is 32.2 Å². The molecule has 0 aromatic carbocycles. The molecule has 164 valence electrons. The van der Waals surface area contributed by atoms with E-state index in [4.69, 9.17) is 0 Å². The van der Waals surface area contributed by atoms with Gasteiger partial charge < -0.3 is 20.6 Å². The van der Waals surface area contributed by atoms with E-state index in [-0.39, 0.29) is 17.5 Å². The van der Waals surface area contributed by atoms with Gasteiger partial charge >= 0.3 is 0 Å². The molecule has 5 rings (SSSR count). The van der Waals surface area contributed by atoms with Gasteiger partial charge in [0.25, 0.3) is 5.91 Å². The lowest BCUT2D eigenvalue weighted by Gasteiger charge is -2.16. The average molecular weight is 432 g/mol. The van der Waals surface area contributed by atoms with Crippen LogP contribution in [0.15, 0.2) is 40.6 Å². The molecule has 1 unspecified atom stereocenters. The number of imidazole rings is 1. The summed E-state index contributed by atoms with van der Waals surface area (Å²) < 4.78 is 0. The molecule has 0 radical (unpaired) electrons. The van der Waals surface area contributed by atoms with Gasteiger partial charge in [0.05, 0.1) is 22.7 Å². The molecule has 2 aromatic heterocycles. The standard InChI is InChI=1S/C22H24N8O2/c1-12-14(4-5-23-13-2-3-13)18(20(31)21-26-8-9-27-21)16(29-12)10-17-19(25-7-6-24-17)15-11-28-30-22(15)32/h6-11,13,15,23-24,29H,2-5H2,1H3,(H,26,27)(H,30,32). The van der Waals surface area contributed by atoms with Crippen LogP contribution in [0.5, 0.6) is 0 Å². The number of carbonyl (C=O) groups excluding carboxylic acids is 2. The maximum atomic E-state index is 13.4. The van der Waals surface area contributed by atoms with E-state index in [0.29, 0.717) is 28.7 Å². The Kier molecular flexibility index (Phi) is 5.28. The van der Waals surface area contributed by atoms with Crippen molar-refractivity contribution >= 4 is 29.7 Å². The summed E-state index contributed by atoms with van der Waals surface area (Å²) >= 11 is 0. The first-order valence-electron chi connectivity index (χ1n) is 10.6. The highest BCUT2D eigenvalue weighted by Crippen LogP contribution is 2.26. The third-order valence-corrected chi connectivity index (χ3v) is 5.74. The molecule has 1 saturated carbocycles. The Balaban J connectivity index is 1.53. The number of allylic oxidation sites excluding steroid dienone is 1. The van der Waals surface area contributed by atoms with Gasteiger partial charge in [0.2, 0.25) is 5.78 Å². The number of aromatic nitrogens is 3. The number of aryl methyl sites for hydroxylation is 1. The first-order chi connectivity index (χ1) is 15.6. The molecule has 2 aliphatic heterocycles. The molecule has 1 fully saturated rings. The minimum Gasteiger partial charge on any atom is -0.359 e. The van der Waals surface area contributed by atoms with E-state index < -0.39 is 5.92 Å². The van der Waals surface area contributed by atoms with Crippen LogP contribution in [0.4, 0.5) is 0 Å². The predicted molar refractivity (Wildman–Crippen MR) is 120 cm³/mol. The zero-order chi connectivity index (χ0) is 22.1. The first-order valence-corrected chi connectivity index (χ1v) is 10.6. The lowest BCUT2D eigenvalue weighted by Crippen LogP contribution is -2.32. The maximum Gasteiger partial charge on any atom is 0.254 e. The zero-order valence-corrected chi connectivity index (χ0v) is 17.6. The maximum absolute atomic E-state index is 13.4. The molecule has 3 aliphatic rings. The normalized spacial score (nSPS) is 21.0. The summed E-state index contributed by atoms with van der Waals surface area (Å²) in [7, 11) is 0. The number of H-pyrrole nitrogens is 2. The highest BCUT2D eigenvalue weighted by atomic mass is 16.2. The minimum atomic E-state index is -0.596. The van der Waals surface area contributed by atoms with Crippen LogP contribution in [-0.2, 0) is 11.2 Å². The molecule has 2 aromatic rings. The summed E-state index contributed by atoms with van der Waals surface area (Å²) in [6.45, 7) is 2.76. The van der Waals surface area contributed by atoms with Crippen LogP contribution >= 0.6 is 0 Å². The van der Waals surface area contributed by atoms with Crippen molar-refractivity contribution in [2.24, 2.45) is 16.0 Å². The molecular formula is C22H24N8O2. The molecule has 0 saturated heterocycles. The van der Waals surface area contributed by atoms with Gasteiger partial charge in [0.15, 0.2) is 5.82 Å². The molecule has 1 amide bonds. The molecule has 0 spiro atoms. The molecule has 32 heavy (non-hydrogen) atoms. The Hall–Kier alpha value is -3.79. The average Bonchev–Trinajstić information content (AvgIpc) is 3.14. The first kappa shape index (κ1) is 20.1. The lowest BCUT2D eigenvalue weighted by atomic mass is 9.97. The van der Waals surface area contributed by atoms with E-state index in [9.17, 15) is 9.59 Å². The number of ketones is 1. The van der Waals surface area contributed by atoms with Gasteiger partial charge in [-0.25, -0.2) is 10.4 Å². The Morgan fingerprint density at radius 1 is 1.34 bits per heavy atom. The second-order valence-electron chi connectivity index (χ2n) is 8.03. The fraction of sp³-hybridized carbons (Fsp3) is 0.318. The van der Waals surface area contributed by atoms with Crippen LogP contribution in [0.25, 0.3) is 6.08 Å². The SMILES string of the molecule is Cc1[nH]c(C=C2NC=CN=C2C2C=NNC2=O)c(C(=O)c2ncc[nH]2)c1CCNC1CC1. The Morgan fingerprint density at radius 2 is 2.22 bits per heavy atom. The van der Waals surface area contributed by atoms with Gasteiger partial charge in [0, 0.05) is 42.7 Å².